The largest absolute Gasteiger partial charge is 0.468 e. The van der Waals surface area contributed by atoms with Crippen molar-refractivity contribution in [1.82, 2.24) is 40.9 Å². The Kier molecular flexibility index (Phi) is 32.3. The normalized spacial score (nSPS) is 15.8. The van der Waals surface area contributed by atoms with Crippen LogP contribution in [0.4, 0.5) is 0 Å². The van der Waals surface area contributed by atoms with Crippen molar-refractivity contribution in [3.05, 3.63) is 35.4 Å². The van der Waals surface area contributed by atoms with Crippen LogP contribution in [0.15, 0.2) is 24.3 Å². The van der Waals surface area contributed by atoms with E-state index >= 15 is 0 Å². The molecular formula is C58H99N9O14. The van der Waals surface area contributed by atoms with Gasteiger partial charge in [0.2, 0.25) is 23.6 Å². The molecule has 1 aromatic rings. The number of ether oxygens (including phenoxy) is 5. The highest BCUT2D eigenvalue weighted by Gasteiger charge is 2.29. The van der Waals surface area contributed by atoms with Crippen LogP contribution in [-0.2, 0) is 73.3 Å². The van der Waals surface area contributed by atoms with Crippen LogP contribution in [0.1, 0.15) is 138 Å². The summed E-state index contributed by atoms with van der Waals surface area (Å²) in [7, 11) is 2.40. The third-order valence-electron chi connectivity index (χ3n) is 12.7. The minimum atomic E-state index is -1.10. The lowest BCUT2D eigenvalue weighted by Gasteiger charge is -2.34. The molecule has 0 bridgehead atoms. The fourth-order valence-electron chi connectivity index (χ4n) is 8.59. The van der Waals surface area contributed by atoms with Gasteiger partial charge in [-0.05, 0) is 133 Å². The Morgan fingerprint density at radius 3 is 1.32 bits per heavy atom. The van der Waals surface area contributed by atoms with Crippen molar-refractivity contribution in [2.75, 3.05) is 106 Å². The number of benzene rings is 1. The van der Waals surface area contributed by atoms with E-state index in [2.05, 4.69) is 38.1 Å². The van der Waals surface area contributed by atoms with Crippen LogP contribution in [0.5, 0.6) is 0 Å². The van der Waals surface area contributed by atoms with Crippen molar-refractivity contribution in [2.24, 2.45) is 5.73 Å². The van der Waals surface area contributed by atoms with Crippen molar-refractivity contribution in [3.63, 3.8) is 0 Å². The van der Waals surface area contributed by atoms with E-state index in [4.69, 9.17) is 24.7 Å². The van der Waals surface area contributed by atoms with E-state index in [0.717, 1.165) is 6.42 Å². The Morgan fingerprint density at radius 1 is 0.494 bits per heavy atom. The van der Waals surface area contributed by atoms with E-state index in [0.29, 0.717) is 97.4 Å². The quantitative estimate of drug-likeness (QED) is 0.0420. The van der Waals surface area contributed by atoms with Crippen LogP contribution in [0.25, 0.3) is 0 Å². The Balaban J connectivity index is 2.16. The molecule has 4 amide bonds. The highest BCUT2D eigenvalue weighted by molar-refractivity contribution is 5.91. The second kappa shape index (κ2) is 36.7. The minimum absolute atomic E-state index is 0.00306. The molecule has 81 heavy (non-hydrogen) atoms. The molecule has 0 radical (unpaired) electrons. The zero-order chi connectivity index (χ0) is 60.8. The molecule has 0 spiro atoms. The van der Waals surface area contributed by atoms with Gasteiger partial charge in [-0.15, -0.1) is 0 Å². The van der Waals surface area contributed by atoms with Crippen LogP contribution < -0.4 is 27.0 Å². The number of carbonyl (C=O) groups is 9. The number of nitrogens with two attached hydrogens (primary N) is 1. The first-order valence-electron chi connectivity index (χ1n) is 28.6. The van der Waals surface area contributed by atoms with Gasteiger partial charge in [0.05, 0.1) is 40.4 Å². The SMILES string of the molecule is COC(=O)C(N)CCC(=O)NC(CCCCNC(=O)CN1CCN(CC(=O)OC(C)(C)C)CCN(CC(=O)OC(C)(C)C)CCN(CC(=O)OC(C)(C)C)CC1)C(=O)NC(CCCCNC(=O)CCCc1ccc(C)cc1)C(=O)OC. The Labute approximate surface area is 481 Å². The van der Waals surface area contributed by atoms with Crippen LogP contribution in [0.3, 0.4) is 0 Å². The highest BCUT2D eigenvalue weighted by atomic mass is 16.6. The molecule has 0 saturated carbocycles. The number of aryl methyl sites for hydroxylation is 2. The summed E-state index contributed by atoms with van der Waals surface area (Å²) in [4.78, 5) is 125. The number of hydrogen-bond acceptors (Lipinski definition) is 19. The molecule has 0 aromatic heterocycles. The van der Waals surface area contributed by atoms with Crippen molar-refractivity contribution in [2.45, 2.75) is 175 Å². The molecule has 0 aliphatic carbocycles. The maximum atomic E-state index is 13.9. The molecule has 6 N–H and O–H groups in total. The summed E-state index contributed by atoms with van der Waals surface area (Å²) >= 11 is 0. The van der Waals surface area contributed by atoms with E-state index in [9.17, 15) is 43.2 Å². The van der Waals surface area contributed by atoms with E-state index in [-0.39, 0.29) is 70.2 Å². The summed E-state index contributed by atoms with van der Waals surface area (Å²) in [5, 5.41) is 11.3. The van der Waals surface area contributed by atoms with Crippen molar-refractivity contribution < 1.29 is 66.8 Å². The fraction of sp³-hybridized carbons (Fsp3) is 0.741. The number of hydrogen-bond donors (Lipinski definition) is 5. The first kappa shape index (κ1) is 71.4. The van der Waals surface area contributed by atoms with E-state index < -0.39 is 76.6 Å². The number of esters is 5. The lowest BCUT2D eigenvalue weighted by Crippen LogP contribution is -2.52. The molecule has 1 aliphatic rings. The molecule has 1 fully saturated rings. The van der Waals surface area contributed by atoms with Gasteiger partial charge in [-0.1, -0.05) is 29.8 Å². The topological polar surface area (TPSA) is 287 Å². The van der Waals surface area contributed by atoms with Gasteiger partial charge in [-0.2, -0.15) is 0 Å². The first-order chi connectivity index (χ1) is 37.9. The lowest BCUT2D eigenvalue weighted by molar-refractivity contribution is -0.158. The molecule has 2 rings (SSSR count). The molecule has 23 nitrogen and oxygen atoms in total. The van der Waals surface area contributed by atoms with Gasteiger partial charge < -0.3 is 50.7 Å². The molecule has 1 heterocycles. The fourth-order valence-corrected chi connectivity index (χ4v) is 8.59. The average molecular weight is 1150 g/mol. The molecule has 23 heteroatoms. The summed E-state index contributed by atoms with van der Waals surface area (Å²) in [6.07, 6.45) is 3.75. The third kappa shape index (κ3) is 34.3. The van der Waals surface area contributed by atoms with Gasteiger partial charge in [-0.25, -0.2) is 4.79 Å². The summed E-state index contributed by atoms with van der Waals surface area (Å²) < 4.78 is 26.7. The predicted molar refractivity (Wildman–Crippen MR) is 306 cm³/mol. The number of methoxy groups -OCH3 is 2. The van der Waals surface area contributed by atoms with Gasteiger partial charge in [0.1, 0.15) is 34.9 Å². The molecule has 3 atom stereocenters. The van der Waals surface area contributed by atoms with E-state index in [1.54, 1.807) is 62.3 Å². The minimum Gasteiger partial charge on any atom is -0.468 e. The summed E-state index contributed by atoms with van der Waals surface area (Å²) in [6, 6.07) is 5.00. The molecule has 1 aliphatic heterocycles. The van der Waals surface area contributed by atoms with Gasteiger partial charge in [-0.3, -0.25) is 58.0 Å². The van der Waals surface area contributed by atoms with E-state index in [1.807, 2.05) is 38.7 Å². The van der Waals surface area contributed by atoms with Crippen LogP contribution in [0.2, 0.25) is 0 Å². The Hall–Kier alpha value is -5.75. The third-order valence-corrected chi connectivity index (χ3v) is 12.7. The monoisotopic (exact) mass is 1150 g/mol. The maximum absolute atomic E-state index is 13.9. The summed E-state index contributed by atoms with van der Waals surface area (Å²) in [5.41, 5.74) is 6.09. The van der Waals surface area contributed by atoms with Crippen LogP contribution >= 0.6 is 0 Å². The van der Waals surface area contributed by atoms with Crippen molar-refractivity contribution in [3.8, 4) is 0 Å². The number of carbonyl (C=O) groups excluding carboxylic acids is 9. The van der Waals surface area contributed by atoms with Gasteiger partial charge in [0.15, 0.2) is 0 Å². The number of nitrogens with zero attached hydrogens (tertiary/aromatic N) is 4. The standard InChI is InChI=1S/C58H99N9O14/c1-42-22-24-43(25-23-42)18-17-21-47(68)60-28-16-14-20-46(55(76)78-12)63-53(74)45(62-48(69)27-26-44(59)54(75)77-11)19-13-15-29-61-49(70)38-64-30-32-65(39-50(71)79-56(2,3)4)34-36-67(41-52(73)81-58(8,9)10)37-35-66(33-31-64)40-51(72)80-57(5,6)7/h22-25,44-46H,13-21,26-41,59H2,1-12H3,(H,60,68)(H,61,70)(H,62,69)(H,63,74). The zero-order valence-corrected chi connectivity index (χ0v) is 50.8. The number of amides is 4. The second-order valence-corrected chi connectivity index (χ2v) is 23.8. The van der Waals surface area contributed by atoms with Gasteiger partial charge >= 0.3 is 29.8 Å². The van der Waals surface area contributed by atoms with Gasteiger partial charge in [0, 0.05) is 78.3 Å². The maximum Gasteiger partial charge on any atom is 0.328 e. The number of nitrogens with one attached hydrogen (secondary N) is 4. The molecule has 1 aromatic carbocycles. The number of rotatable bonds is 30. The van der Waals surface area contributed by atoms with Crippen LogP contribution in [0, 0.1) is 6.92 Å². The summed E-state index contributed by atoms with van der Waals surface area (Å²) in [6.45, 7) is 21.7. The van der Waals surface area contributed by atoms with Crippen molar-refractivity contribution >= 4 is 53.5 Å². The molecular weight excluding hydrogens is 1050 g/mol. The Bertz CT molecular complexity index is 2100. The predicted octanol–water partition coefficient (Wildman–Crippen LogP) is 2.56. The molecule has 1 saturated heterocycles. The molecule has 460 valence electrons. The van der Waals surface area contributed by atoms with Gasteiger partial charge in [0.25, 0.3) is 0 Å². The van der Waals surface area contributed by atoms with E-state index in [1.165, 1.54) is 25.3 Å². The lowest BCUT2D eigenvalue weighted by atomic mass is 10.0. The average Bonchev–Trinajstić information content (AvgIpc) is 3.36. The first-order valence-corrected chi connectivity index (χ1v) is 28.6. The molecule has 3 unspecified atom stereocenters. The smallest absolute Gasteiger partial charge is 0.328 e. The second-order valence-electron chi connectivity index (χ2n) is 23.8. The number of unbranched alkanes of at least 4 members (excludes halogenated alkanes) is 2. The van der Waals surface area contributed by atoms with Crippen molar-refractivity contribution in [1.29, 1.82) is 0 Å². The zero-order valence-electron chi connectivity index (χ0n) is 50.8. The summed E-state index contributed by atoms with van der Waals surface area (Å²) in [5.74, 6) is -4.13. The van der Waals surface area contributed by atoms with Crippen LogP contribution in [-0.4, -0.2) is 214 Å². The Morgan fingerprint density at radius 2 is 0.901 bits per heavy atom. The highest BCUT2D eigenvalue weighted by Crippen LogP contribution is 2.14.